The van der Waals surface area contributed by atoms with Gasteiger partial charge >= 0.3 is 5.97 Å². The summed E-state index contributed by atoms with van der Waals surface area (Å²) in [6, 6.07) is 7.77. The van der Waals surface area contributed by atoms with Crippen LogP contribution in [0.25, 0.3) is 21.9 Å². The number of carbonyl (C=O) groups is 2. The highest BCUT2D eigenvalue weighted by atomic mass is 35.5. The summed E-state index contributed by atoms with van der Waals surface area (Å²) < 4.78 is 29.8. The van der Waals surface area contributed by atoms with Gasteiger partial charge in [0.05, 0.1) is 38.9 Å². The minimum absolute atomic E-state index is 0.0993. The highest BCUT2D eigenvalue weighted by Crippen LogP contribution is 2.36. The molecule has 0 saturated carbocycles. The van der Waals surface area contributed by atoms with Gasteiger partial charge in [-0.3, -0.25) is 4.79 Å². The molecule has 1 fully saturated rings. The number of nitrogens with one attached hydrogen (secondary N) is 2. The zero-order valence-electron chi connectivity index (χ0n) is 25.4. The Morgan fingerprint density at radius 1 is 1.18 bits per heavy atom. The number of aromatic nitrogens is 4. The first-order valence-corrected chi connectivity index (χ1v) is 17.2. The van der Waals surface area contributed by atoms with Gasteiger partial charge in [0.25, 0.3) is 5.91 Å². The van der Waals surface area contributed by atoms with Crippen molar-refractivity contribution in [2.45, 2.75) is 57.2 Å². The van der Waals surface area contributed by atoms with E-state index in [2.05, 4.69) is 25.3 Å². The van der Waals surface area contributed by atoms with Crippen LogP contribution >= 0.6 is 23.2 Å². The second-order valence-electron chi connectivity index (χ2n) is 12.3. The first-order valence-electron chi connectivity index (χ1n) is 14.4. The number of hydrogen-bond acceptors (Lipinski definition) is 10. The average molecular weight is 677 g/mol. The fourth-order valence-electron chi connectivity index (χ4n) is 5.50. The standard InChI is InChI=1S/C30H35Cl2N7O5S/c1-29(2,3)44-28(41)30(15-33)9-5-10-39(30)27(40)18-14-23-19(13-20(18)32)25(35-16-34-23)37-22(8-11-45(4,42)43)26-36-21-7-6-17(31)12-24(21)38-26/h6-7,12-14,16,22H,5,8-11,15,33H2,1-4H3,(H,36,38)(H,34,35,37)/t22-,30+/m0/s1. The van der Waals surface area contributed by atoms with Crippen LogP contribution in [0.4, 0.5) is 5.82 Å². The molecule has 3 heterocycles. The van der Waals surface area contributed by atoms with Gasteiger partial charge < -0.3 is 25.7 Å². The molecule has 4 N–H and O–H groups in total. The Kier molecular flexibility index (Phi) is 9.02. The molecule has 0 aliphatic carbocycles. The molecular formula is C30H35Cl2N7O5S. The summed E-state index contributed by atoms with van der Waals surface area (Å²) in [6.07, 6.45) is 3.63. The lowest BCUT2D eigenvalue weighted by Gasteiger charge is -2.37. The normalized spacial score (nSPS) is 18.0. The molecule has 12 nitrogen and oxygen atoms in total. The van der Waals surface area contributed by atoms with E-state index in [1.54, 1.807) is 51.1 Å². The largest absolute Gasteiger partial charge is 0.458 e. The molecule has 1 amide bonds. The number of hydrogen-bond donors (Lipinski definition) is 3. The summed E-state index contributed by atoms with van der Waals surface area (Å²) >= 11 is 12.9. The number of nitrogens with zero attached hydrogens (tertiary/aromatic N) is 4. The highest BCUT2D eigenvalue weighted by molar-refractivity contribution is 7.90. The number of fused-ring (bicyclic) bond motifs is 2. The first kappa shape index (κ1) is 32.9. The quantitative estimate of drug-likeness (QED) is 0.211. The molecular weight excluding hydrogens is 641 g/mol. The van der Waals surface area contributed by atoms with Crippen LogP contribution in [-0.4, -0.2) is 81.4 Å². The summed E-state index contributed by atoms with van der Waals surface area (Å²) in [7, 11) is -3.30. The van der Waals surface area contributed by atoms with Crippen molar-refractivity contribution in [2.75, 3.05) is 30.4 Å². The van der Waals surface area contributed by atoms with Gasteiger partial charge in [0.2, 0.25) is 0 Å². The molecule has 4 aromatic rings. The Morgan fingerprint density at radius 2 is 1.93 bits per heavy atom. The summed E-state index contributed by atoms with van der Waals surface area (Å²) in [5, 5.41) is 4.46. The predicted octanol–water partition coefficient (Wildman–Crippen LogP) is 4.68. The first-order chi connectivity index (χ1) is 21.1. The fraction of sp³-hybridized carbons (Fsp3) is 0.433. The Hall–Kier alpha value is -3.52. The molecule has 2 aromatic heterocycles. The van der Waals surface area contributed by atoms with Crippen molar-refractivity contribution in [1.82, 2.24) is 24.8 Å². The summed E-state index contributed by atoms with van der Waals surface area (Å²) in [4.78, 5) is 45.3. The second kappa shape index (κ2) is 12.3. The van der Waals surface area contributed by atoms with Gasteiger partial charge in [-0.2, -0.15) is 0 Å². The van der Waals surface area contributed by atoms with E-state index in [1.165, 1.54) is 17.5 Å². The van der Waals surface area contributed by atoms with E-state index in [4.69, 9.17) is 33.7 Å². The topological polar surface area (TPSA) is 173 Å². The number of imidazole rings is 1. The lowest BCUT2D eigenvalue weighted by atomic mass is 9.95. The number of halogens is 2. The molecule has 0 bridgehead atoms. The van der Waals surface area contributed by atoms with Crippen LogP contribution in [-0.2, 0) is 19.4 Å². The maximum absolute atomic E-state index is 13.9. The number of esters is 1. The molecule has 2 aromatic carbocycles. The minimum Gasteiger partial charge on any atom is -0.458 e. The second-order valence-corrected chi connectivity index (χ2v) is 15.4. The summed E-state index contributed by atoms with van der Waals surface area (Å²) in [5.41, 5.74) is 5.97. The predicted molar refractivity (Wildman–Crippen MR) is 174 cm³/mol. The zero-order chi connectivity index (χ0) is 32.7. The van der Waals surface area contributed by atoms with Crippen molar-refractivity contribution in [1.29, 1.82) is 0 Å². The van der Waals surface area contributed by atoms with Crippen molar-refractivity contribution in [3.63, 3.8) is 0 Å². The summed E-state index contributed by atoms with van der Waals surface area (Å²) in [6.45, 7) is 5.49. The lowest BCUT2D eigenvalue weighted by molar-refractivity contribution is -0.166. The molecule has 1 aliphatic rings. The third-order valence-corrected chi connectivity index (χ3v) is 9.21. The van der Waals surface area contributed by atoms with Crippen molar-refractivity contribution in [2.24, 2.45) is 5.73 Å². The Morgan fingerprint density at radius 3 is 2.62 bits per heavy atom. The number of sulfone groups is 1. The van der Waals surface area contributed by atoms with Gasteiger partial charge in [0.1, 0.15) is 33.4 Å². The van der Waals surface area contributed by atoms with Crippen LogP contribution in [0.5, 0.6) is 0 Å². The average Bonchev–Trinajstić information content (AvgIpc) is 3.58. The molecule has 1 aliphatic heterocycles. The number of likely N-dealkylation sites (tertiary alicyclic amines) is 1. The van der Waals surface area contributed by atoms with Crippen LogP contribution in [0.1, 0.15) is 62.3 Å². The van der Waals surface area contributed by atoms with Gasteiger partial charge in [-0.1, -0.05) is 23.2 Å². The third kappa shape index (κ3) is 7.01. The molecule has 1 saturated heterocycles. The number of rotatable bonds is 9. The molecule has 45 heavy (non-hydrogen) atoms. The number of carbonyl (C=O) groups excluding carboxylic acids is 2. The smallest absolute Gasteiger partial charge is 0.333 e. The Labute approximate surface area is 271 Å². The van der Waals surface area contributed by atoms with Crippen molar-refractivity contribution >= 4 is 72.7 Å². The number of anilines is 1. The van der Waals surface area contributed by atoms with E-state index in [1.807, 2.05) is 0 Å². The molecule has 0 radical (unpaired) electrons. The molecule has 0 spiro atoms. The van der Waals surface area contributed by atoms with Crippen LogP contribution in [0, 0.1) is 0 Å². The monoisotopic (exact) mass is 675 g/mol. The van der Waals surface area contributed by atoms with Crippen molar-refractivity contribution in [3.05, 3.63) is 58.1 Å². The molecule has 0 unspecified atom stereocenters. The third-order valence-electron chi connectivity index (χ3n) is 7.69. The highest BCUT2D eigenvalue weighted by Gasteiger charge is 2.51. The van der Waals surface area contributed by atoms with Gasteiger partial charge in [-0.25, -0.2) is 28.2 Å². The van der Waals surface area contributed by atoms with E-state index < -0.39 is 38.9 Å². The molecule has 5 rings (SSSR count). The van der Waals surface area contributed by atoms with Crippen LogP contribution in [0.15, 0.2) is 36.7 Å². The molecule has 15 heteroatoms. The number of H-pyrrole nitrogens is 1. The van der Waals surface area contributed by atoms with E-state index >= 15 is 0 Å². The van der Waals surface area contributed by atoms with Crippen molar-refractivity contribution in [3.8, 4) is 0 Å². The van der Waals surface area contributed by atoms with E-state index in [0.29, 0.717) is 58.0 Å². The van der Waals surface area contributed by atoms with E-state index in [-0.39, 0.29) is 29.3 Å². The van der Waals surface area contributed by atoms with Crippen LogP contribution in [0.2, 0.25) is 10.0 Å². The number of amides is 1. The van der Waals surface area contributed by atoms with Gasteiger partial charge in [0, 0.05) is 29.8 Å². The van der Waals surface area contributed by atoms with Gasteiger partial charge in [-0.05, 0) is 70.4 Å². The maximum atomic E-state index is 13.9. The SMILES string of the molecule is CC(C)(C)OC(=O)[C@]1(CN)CCCN1C(=O)c1cc2ncnc(N[C@@H](CCS(C)(=O)=O)c3nc4ccc(Cl)cc4[nH]3)c2cc1Cl. The van der Waals surface area contributed by atoms with Gasteiger partial charge in [0.15, 0.2) is 5.54 Å². The number of nitrogens with two attached hydrogens (primary N) is 1. The van der Waals surface area contributed by atoms with Crippen LogP contribution in [0.3, 0.4) is 0 Å². The fourth-order valence-corrected chi connectivity index (χ4v) is 6.58. The Bertz CT molecular complexity index is 1890. The number of ether oxygens (including phenoxy) is 1. The summed E-state index contributed by atoms with van der Waals surface area (Å²) in [5.74, 6) is -0.266. The van der Waals surface area contributed by atoms with Crippen LogP contribution < -0.4 is 11.1 Å². The minimum atomic E-state index is -3.30. The maximum Gasteiger partial charge on any atom is 0.333 e. The van der Waals surface area contributed by atoms with E-state index in [9.17, 15) is 18.0 Å². The number of benzene rings is 2. The molecule has 2 atom stereocenters. The van der Waals surface area contributed by atoms with Crippen molar-refractivity contribution < 1.29 is 22.7 Å². The zero-order valence-corrected chi connectivity index (χ0v) is 27.7. The molecule has 240 valence electrons. The van der Waals surface area contributed by atoms with Gasteiger partial charge in [-0.15, -0.1) is 0 Å². The lowest BCUT2D eigenvalue weighted by Crippen LogP contribution is -2.59. The Balaban J connectivity index is 1.49. The number of aromatic amines is 1. The van der Waals surface area contributed by atoms with E-state index in [0.717, 1.165) is 0 Å².